The number of fused-ring (bicyclic) bond motifs is 1. The van der Waals surface area contributed by atoms with E-state index < -0.39 is 5.97 Å². The summed E-state index contributed by atoms with van der Waals surface area (Å²) in [4.78, 5) is 26.0. The van der Waals surface area contributed by atoms with Gasteiger partial charge >= 0.3 is 5.97 Å². The monoisotopic (exact) mass is 412 g/mol. The molecule has 0 aliphatic carbocycles. The molecule has 4 heteroatoms. The van der Waals surface area contributed by atoms with E-state index in [2.05, 4.69) is 0 Å². The number of ether oxygens (including phenoxy) is 1. The molecule has 1 aromatic heterocycles. The fourth-order valence-electron chi connectivity index (χ4n) is 3.72. The van der Waals surface area contributed by atoms with Crippen LogP contribution in [0.3, 0.4) is 0 Å². The number of benzene rings is 3. The van der Waals surface area contributed by atoms with Crippen molar-refractivity contribution in [3.05, 3.63) is 99.2 Å². The Morgan fingerprint density at radius 3 is 2.32 bits per heavy atom. The van der Waals surface area contributed by atoms with Crippen molar-refractivity contribution >= 4 is 16.9 Å². The van der Waals surface area contributed by atoms with Crippen molar-refractivity contribution in [2.75, 3.05) is 0 Å². The lowest BCUT2D eigenvalue weighted by molar-refractivity contribution is -0.134. The second kappa shape index (κ2) is 8.60. The van der Waals surface area contributed by atoms with Crippen LogP contribution in [0.15, 0.2) is 75.9 Å². The summed E-state index contributed by atoms with van der Waals surface area (Å²) in [6.07, 6.45) is 0.707. The summed E-state index contributed by atoms with van der Waals surface area (Å²) < 4.78 is 11.8. The summed E-state index contributed by atoms with van der Waals surface area (Å²) in [5, 5.41) is 0.437. The number of hydrogen-bond donors (Lipinski definition) is 0. The lowest BCUT2D eigenvalue weighted by atomic mass is 10.0. The van der Waals surface area contributed by atoms with E-state index in [1.807, 2.05) is 87.5 Å². The third kappa shape index (κ3) is 4.43. The number of aryl methyl sites for hydroxylation is 4. The molecule has 0 saturated heterocycles. The Morgan fingerprint density at radius 1 is 0.903 bits per heavy atom. The van der Waals surface area contributed by atoms with Gasteiger partial charge in [0.15, 0.2) is 5.76 Å². The van der Waals surface area contributed by atoms with Crippen molar-refractivity contribution < 1.29 is 13.9 Å². The second-order valence-electron chi connectivity index (χ2n) is 7.87. The predicted octanol–water partition coefficient (Wildman–Crippen LogP) is 5.92. The average Bonchev–Trinajstić information content (AvgIpc) is 2.75. The number of rotatable bonds is 5. The van der Waals surface area contributed by atoms with Gasteiger partial charge in [-0.2, -0.15) is 0 Å². The summed E-state index contributed by atoms with van der Waals surface area (Å²) in [6.45, 7) is 5.80. The van der Waals surface area contributed by atoms with Crippen LogP contribution < -0.4 is 10.2 Å². The SMILES string of the molecule is Cc1ccc(-c2oc3cc(C)cc(C)c3c(=O)c2OC(=O)CCc2ccccc2)cc1. The quantitative estimate of drug-likeness (QED) is 0.382. The molecule has 0 atom stereocenters. The molecule has 0 spiro atoms. The van der Waals surface area contributed by atoms with E-state index in [0.717, 1.165) is 22.3 Å². The van der Waals surface area contributed by atoms with Gasteiger partial charge in [0.1, 0.15) is 5.58 Å². The standard InChI is InChI=1S/C27H24O4/c1-17-9-12-21(13-10-17)26-27(31-23(28)14-11-20-7-5-4-6-8-20)25(29)24-19(3)15-18(2)16-22(24)30-26/h4-10,12-13,15-16H,11,14H2,1-3H3. The van der Waals surface area contributed by atoms with Gasteiger partial charge in [-0.3, -0.25) is 9.59 Å². The second-order valence-corrected chi connectivity index (χ2v) is 7.87. The Labute approximate surface area is 181 Å². The summed E-state index contributed by atoms with van der Waals surface area (Å²) >= 11 is 0. The number of esters is 1. The molecule has 4 rings (SSSR count). The van der Waals surface area contributed by atoms with Crippen LogP contribution in [0.5, 0.6) is 5.75 Å². The molecule has 4 nitrogen and oxygen atoms in total. The molecule has 3 aromatic carbocycles. The van der Waals surface area contributed by atoms with Crippen molar-refractivity contribution in [1.29, 1.82) is 0 Å². The Balaban J connectivity index is 1.77. The van der Waals surface area contributed by atoms with Crippen molar-refractivity contribution in [2.24, 2.45) is 0 Å². The predicted molar refractivity (Wildman–Crippen MR) is 123 cm³/mol. The highest BCUT2D eigenvalue weighted by molar-refractivity contribution is 5.87. The molecule has 0 bridgehead atoms. The highest BCUT2D eigenvalue weighted by Gasteiger charge is 2.21. The third-order valence-electron chi connectivity index (χ3n) is 5.29. The number of carbonyl (C=O) groups is 1. The van der Waals surface area contributed by atoms with Gasteiger partial charge < -0.3 is 9.15 Å². The van der Waals surface area contributed by atoms with Crippen molar-refractivity contribution in [3.63, 3.8) is 0 Å². The topological polar surface area (TPSA) is 56.5 Å². The lowest BCUT2D eigenvalue weighted by Crippen LogP contribution is -2.17. The number of carbonyl (C=O) groups excluding carboxylic acids is 1. The first kappa shape index (κ1) is 20.6. The zero-order chi connectivity index (χ0) is 22.0. The molecule has 4 aromatic rings. The van der Waals surface area contributed by atoms with Crippen LogP contribution in [-0.2, 0) is 11.2 Å². The molecule has 0 unspecified atom stereocenters. The first-order valence-corrected chi connectivity index (χ1v) is 10.3. The molecule has 0 aliphatic heterocycles. The van der Waals surface area contributed by atoms with E-state index in [-0.39, 0.29) is 23.4 Å². The first-order chi connectivity index (χ1) is 14.9. The Kier molecular flexibility index (Phi) is 5.72. The van der Waals surface area contributed by atoms with Crippen LogP contribution in [0.2, 0.25) is 0 Å². The molecule has 0 amide bonds. The van der Waals surface area contributed by atoms with Gasteiger partial charge in [-0.15, -0.1) is 0 Å². The zero-order valence-corrected chi connectivity index (χ0v) is 17.9. The van der Waals surface area contributed by atoms with E-state index >= 15 is 0 Å². The van der Waals surface area contributed by atoms with E-state index in [0.29, 0.717) is 23.0 Å². The van der Waals surface area contributed by atoms with E-state index in [1.54, 1.807) is 0 Å². The van der Waals surface area contributed by atoms with Crippen molar-refractivity contribution in [3.8, 4) is 17.1 Å². The highest BCUT2D eigenvalue weighted by atomic mass is 16.5. The summed E-state index contributed by atoms with van der Waals surface area (Å²) in [5.74, 6) is -0.245. The van der Waals surface area contributed by atoms with Crippen LogP contribution in [-0.4, -0.2) is 5.97 Å². The molecule has 0 saturated carbocycles. The average molecular weight is 412 g/mol. The summed E-state index contributed by atoms with van der Waals surface area (Å²) in [7, 11) is 0. The maximum absolute atomic E-state index is 13.4. The lowest BCUT2D eigenvalue weighted by Gasteiger charge is -2.12. The van der Waals surface area contributed by atoms with Crippen LogP contribution in [0.4, 0.5) is 0 Å². The molecule has 0 aliphatic rings. The van der Waals surface area contributed by atoms with Gasteiger partial charge in [-0.1, -0.05) is 66.2 Å². The summed E-state index contributed by atoms with van der Waals surface area (Å²) in [5.41, 5.74) is 4.76. The minimum Gasteiger partial charge on any atom is -0.452 e. The van der Waals surface area contributed by atoms with Gasteiger partial charge in [0.05, 0.1) is 5.39 Å². The third-order valence-corrected chi connectivity index (χ3v) is 5.29. The van der Waals surface area contributed by atoms with Gasteiger partial charge in [0, 0.05) is 12.0 Å². The first-order valence-electron chi connectivity index (χ1n) is 10.3. The number of hydrogen-bond acceptors (Lipinski definition) is 4. The largest absolute Gasteiger partial charge is 0.452 e. The van der Waals surface area contributed by atoms with Gasteiger partial charge in [-0.25, -0.2) is 0 Å². The van der Waals surface area contributed by atoms with Crippen molar-refractivity contribution in [2.45, 2.75) is 33.6 Å². The van der Waals surface area contributed by atoms with Crippen LogP contribution >= 0.6 is 0 Å². The van der Waals surface area contributed by atoms with Crippen LogP contribution in [0, 0.1) is 20.8 Å². The van der Waals surface area contributed by atoms with E-state index in [4.69, 9.17) is 9.15 Å². The molecule has 156 valence electrons. The van der Waals surface area contributed by atoms with Crippen LogP contribution in [0.1, 0.15) is 28.7 Å². The van der Waals surface area contributed by atoms with Gasteiger partial charge in [0.25, 0.3) is 0 Å². The fraction of sp³-hybridized carbons (Fsp3) is 0.185. The molecular weight excluding hydrogens is 388 g/mol. The zero-order valence-electron chi connectivity index (χ0n) is 17.9. The maximum atomic E-state index is 13.4. The minimum absolute atomic E-state index is 0.0543. The van der Waals surface area contributed by atoms with E-state index in [1.165, 1.54) is 0 Å². The molecule has 0 radical (unpaired) electrons. The smallest absolute Gasteiger partial charge is 0.311 e. The van der Waals surface area contributed by atoms with Gasteiger partial charge in [-0.05, 0) is 49.9 Å². The Bertz CT molecular complexity index is 1300. The normalized spacial score (nSPS) is 10.9. The fourth-order valence-corrected chi connectivity index (χ4v) is 3.72. The molecule has 31 heavy (non-hydrogen) atoms. The molecular formula is C27H24O4. The Hall–Kier alpha value is -3.66. The summed E-state index contributed by atoms with van der Waals surface area (Å²) in [6, 6.07) is 21.1. The van der Waals surface area contributed by atoms with Gasteiger partial charge in [0.2, 0.25) is 11.2 Å². The highest BCUT2D eigenvalue weighted by Crippen LogP contribution is 2.32. The minimum atomic E-state index is -0.464. The van der Waals surface area contributed by atoms with Crippen LogP contribution in [0.25, 0.3) is 22.3 Å². The Morgan fingerprint density at radius 2 is 1.61 bits per heavy atom. The maximum Gasteiger partial charge on any atom is 0.311 e. The van der Waals surface area contributed by atoms with Crippen molar-refractivity contribution in [1.82, 2.24) is 0 Å². The molecule has 1 heterocycles. The molecule has 0 fully saturated rings. The molecule has 0 N–H and O–H groups in total. The van der Waals surface area contributed by atoms with E-state index in [9.17, 15) is 9.59 Å².